The number of hydrogen-bond donors (Lipinski definition) is 2. The topological polar surface area (TPSA) is 104 Å². The molecule has 0 bridgehead atoms. The van der Waals surface area contributed by atoms with E-state index in [1.54, 1.807) is 12.1 Å². The van der Waals surface area contributed by atoms with Crippen LogP contribution in [0, 0.1) is 0 Å². The molecule has 1 saturated heterocycles. The minimum Gasteiger partial charge on any atom is -0.480 e. The number of nitrogens with one attached hydrogen (secondary N) is 1. The monoisotopic (exact) mass is 390 g/mol. The summed E-state index contributed by atoms with van der Waals surface area (Å²) in [5.41, 5.74) is 0. The standard InChI is InChI=1S/C19H22N2O5S/c22-18(21-12-4-3-7-17(21)19(23)24)10-11-20-27(25,26)16-9-8-14-5-1-2-6-15(14)13-16/h1-2,5-6,8-9,13,17,20H,3-4,7,10-12H2,(H,23,24)/t17-/m1/s1. The molecule has 27 heavy (non-hydrogen) atoms. The Morgan fingerprint density at radius 3 is 2.59 bits per heavy atom. The SMILES string of the molecule is O=C(O)[C@H]1CCCCN1C(=O)CCNS(=O)(=O)c1ccc2ccccc2c1. The summed E-state index contributed by atoms with van der Waals surface area (Å²) < 4.78 is 27.4. The van der Waals surface area contributed by atoms with Gasteiger partial charge in [0.2, 0.25) is 15.9 Å². The second-order valence-corrected chi connectivity index (χ2v) is 8.36. The molecule has 7 nitrogen and oxygen atoms in total. The molecule has 2 aromatic rings. The molecule has 1 aliphatic heterocycles. The number of rotatable bonds is 6. The third-order valence-corrected chi connectivity index (χ3v) is 6.23. The number of piperidine rings is 1. The van der Waals surface area contributed by atoms with Gasteiger partial charge in [-0.15, -0.1) is 0 Å². The van der Waals surface area contributed by atoms with Crippen LogP contribution < -0.4 is 4.72 Å². The molecule has 0 aliphatic carbocycles. The molecular formula is C19H22N2O5S. The lowest BCUT2D eigenvalue weighted by Gasteiger charge is -2.33. The predicted octanol–water partition coefficient (Wildman–Crippen LogP) is 1.97. The number of likely N-dealkylation sites (tertiary alicyclic amines) is 1. The number of aliphatic carboxylic acids is 1. The third-order valence-electron chi connectivity index (χ3n) is 4.77. The van der Waals surface area contributed by atoms with Crippen molar-refractivity contribution in [2.24, 2.45) is 0 Å². The molecule has 0 saturated carbocycles. The fraction of sp³-hybridized carbons (Fsp3) is 0.368. The Morgan fingerprint density at radius 2 is 1.85 bits per heavy atom. The molecule has 2 aromatic carbocycles. The third kappa shape index (κ3) is 4.45. The Morgan fingerprint density at radius 1 is 1.11 bits per heavy atom. The van der Waals surface area contributed by atoms with E-state index in [2.05, 4.69) is 4.72 Å². The molecule has 144 valence electrons. The van der Waals surface area contributed by atoms with E-state index in [1.165, 1.54) is 11.0 Å². The Bertz CT molecular complexity index is 957. The van der Waals surface area contributed by atoms with Crippen molar-refractivity contribution in [1.82, 2.24) is 9.62 Å². The summed E-state index contributed by atoms with van der Waals surface area (Å²) in [5, 5.41) is 11.0. The summed E-state index contributed by atoms with van der Waals surface area (Å²) in [6, 6.07) is 11.5. The first-order chi connectivity index (χ1) is 12.9. The summed E-state index contributed by atoms with van der Waals surface area (Å²) in [7, 11) is -3.75. The van der Waals surface area contributed by atoms with E-state index in [-0.39, 0.29) is 23.8 Å². The molecule has 2 N–H and O–H groups in total. The van der Waals surface area contributed by atoms with Gasteiger partial charge in [0, 0.05) is 19.5 Å². The average Bonchev–Trinajstić information content (AvgIpc) is 2.67. The lowest BCUT2D eigenvalue weighted by Crippen LogP contribution is -2.48. The smallest absolute Gasteiger partial charge is 0.326 e. The van der Waals surface area contributed by atoms with Crippen LogP contribution in [0.25, 0.3) is 10.8 Å². The first kappa shape index (κ1) is 19.3. The number of benzene rings is 2. The Balaban J connectivity index is 1.62. The second-order valence-electron chi connectivity index (χ2n) is 6.59. The van der Waals surface area contributed by atoms with Crippen LogP contribution in [0.5, 0.6) is 0 Å². The van der Waals surface area contributed by atoms with Gasteiger partial charge in [-0.2, -0.15) is 0 Å². The highest BCUT2D eigenvalue weighted by molar-refractivity contribution is 7.89. The zero-order chi connectivity index (χ0) is 19.4. The number of nitrogens with zero attached hydrogens (tertiary/aromatic N) is 1. The van der Waals surface area contributed by atoms with E-state index in [0.29, 0.717) is 13.0 Å². The van der Waals surface area contributed by atoms with E-state index in [0.717, 1.165) is 23.6 Å². The van der Waals surface area contributed by atoms with Crippen LogP contribution in [0.15, 0.2) is 47.4 Å². The molecule has 0 unspecified atom stereocenters. The van der Waals surface area contributed by atoms with Gasteiger partial charge in [0.1, 0.15) is 6.04 Å². The van der Waals surface area contributed by atoms with Crippen LogP contribution in [0.4, 0.5) is 0 Å². The fourth-order valence-electron chi connectivity index (χ4n) is 3.34. The number of carbonyl (C=O) groups excluding carboxylic acids is 1. The Labute approximate surface area is 158 Å². The molecule has 0 aromatic heterocycles. The minimum absolute atomic E-state index is 0.0726. The maximum atomic E-state index is 12.5. The fourth-order valence-corrected chi connectivity index (χ4v) is 4.41. The molecule has 1 heterocycles. The van der Waals surface area contributed by atoms with Gasteiger partial charge in [-0.25, -0.2) is 17.9 Å². The predicted molar refractivity (Wildman–Crippen MR) is 101 cm³/mol. The maximum Gasteiger partial charge on any atom is 0.326 e. The number of sulfonamides is 1. The summed E-state index contributed by atoms with van der Waals surface area (Å²) in [5.74, 6) is -1.36. The van der Waals surface area contributed by atoms with Gasteiger partial charge in [-0.1, -0.05) is 30.3 Å². The quantitative estimate of drug-likeness (QED) is 0.785. The van der Waals surface area contributed by atoms with Crippen molar-refractivity contribution in [1.29, 1.82) is 0 Å². The number of carboxylic acid groups (broad SMARTS) is 1. The molecule has 8 heteroatoms. The van der Waals surface area contributed by atoms with Crippen molar-refractivity contribution in [3.8, 4) is 0 Å². The first-order valence-corrected chi connectivity index (χ1v) is 10.4. The lowest BCUT2D eigenvalue weighted by molar-refractivity contribution is -0.152. The van der Waals surface area contributed by atoms with Crippen LogP contribution in [-0.4, -0.2) is 49.4 Å². The number of hydrogen-bond acceptors (Lipinski definition) is 4. The van der Waals surface area contributed by atoms with Gasteiger partial charge in [-0.3, -0.25) is 4.79 Å². The first-order valence-electron chi connectivity index (χ1n) is 8.89. The van der Waals surface area contributed by atoms with Crippen LogP contribution in [0.3, 0.4) is 0 Å². The number of carboxylic acids is 1. The van der Waals surface area contributed by atoms with Crippen LogP contribution in [0.2, 0.25) is 0 Å². The van der Waals surface area contributed by atoms with Crippen LogP contribution >= 0.6 is 0 Å². The number of fused-ring (bicyclic) bond motifs is 1. The van der Waals surface area contributed by atoms with E-state index < -0.39 is 22.0 Å². The van der Waals surface area contributed by atoms with E-state index >= 15 is 0 Å². The van der Waals surface area contributed by atoms with Crippen molar-refractivity contribution >= 4 is 32.7 Å². The average molecular weight is 390 g/mol. The molecule has 0 spiro atoms. The highest BCUT2D eigenvalue weighted by Crippen LogP contribution is 2.20. The molecule has 1 aliphatic rings. The van der Waals surface area contributed by atoms with E-state index in [4.69, 9.17) is 0 Å². The van der Waals surface area contributed by atoms with Crippen LogP contribution in [-0.2, 0) is 19.6 Å². The molecule has 1 atom stereocenters. The van der Waals surface area contributed by atoms with Gasteiger partial charge >= 0.3 is 5.97 Å². The van der Waals surface area contributed by atoms with Gasteiger partial charge < -0.3 is 10.0 Å². The second kappa shape index (κ2) is 8.06. The normalized spacial score (nSPS) is 17.8. The summed E-state index contributed by atoms with van der Waals surface area (Å²) in [6.07, 6.45) is 1.90. The zero-order valence-corrected chi connectivity index (χ0v) is 15.6. The molecule has 1 fully saturated rings. The van der Waals surface area contributed by atoms with Crippen molar-refractivity contribution in [2.75, 3.05) is 13.1 Å². The summed E-state index contributed by atoms with van der Waals surface area (Å²) >= 11 is 0. The van der Waals surface area contributed by atoms with Crippen molar-refractivity contribution in [3.05, 3.63) is 42.5 Å². The largest absolute Gasteiger partial charge is 0.480 e. The molecule has 3 rings (SSSR count). The van der Waals surface area contributed by atoms with Gasteiger partial charge in [0.15, 0.2) is 0 Å². The Hall–Kier alpha value is -2.45. The van der Waals surface area contributed by atoms with Crippen molar-refractivity contribution in [3.63, 3.8) is 0 Å². The Kier molecular flexibility index (Phi) is 5.76. The lowest BCUT2D eigenvalue weighted by atomic mass is 10.0. The number of carbonyl (C=O) groups is 2. The number of amides is 1. The molecule has 1 amide bonds. The van der Waals surface area contributed by atoms with Gasteiger partial charge in [0.25, 0.3) is 0 Å². The van der Waals surface area contributed by atoms with Gasteiger partial charge in [0.05, 0.1) is 4.90 Å². The highest BCUT2D eigenvalue weighted by atomic mass is 32.2. The molecule has 0 radical (unpaired) electrons. The molecular weight excluding hydrogens is 368 g/mol. The highest BCUT2D eigenvalue weighted by Gasteiger charge is 2.31. The van der Waals surface area contributed by atoms with Gasteiger partial charge in [-0.05, 0) is 42.2 Å². The van der Waals surface area contributed by atoms with E-state index in [1.807, 2.05) is 24.3 Å². The zero-order valence-electron chi connectivity index (χ0n) is 14.8. The maximum absolute atomic E-state index is 12.5. The summed E-state index contributed by atoms with van der Waals surface area (Å²) in [4.78, 5) is 25.1. The van der Waals surface area contributed by atoms with Crippen molar-refractivity contribution < 1.29 is 23.1 Å². The summed E-state index contributed by atoms with van der Waals surface area (Å²) in [6.45, 7) is 0.323. The van der Waals surface area contributed by atoms with Crippen molar-refractivity contribution in [2.45, 2.75) is 36.6 Å². The van der Waals surface area contributed by atoms with Crippen LogP contribution in [0.1, 0.15) is 25.7 Å². The van der Waals surface area contributed by atoms with E-state index in [9.17, 15) is 23.1 Å². The minimum atomic E-state index is -3.75.